The lowest BCUT2D eigenvalue weighted by Crippen LogP contribution is -2.13. The molecule has 0 aromatic heterocycles. The molecule has 15 heavy (non-hydrogen) atoms. The molecule has 1 fully saturated rings. The molecule has 0 radical (unpaired) electrons. The summed E-state index contributed by atoms with van der Waals surface area (Å²) in [5.41, 5.74) is 0.209. The van der Waals surface area contributed by atoms with E-state index in [9.17, 15) is 14.5 Å². The number of hydrogen-bond acceptors (Lipinski definition) is 3. The van der Waals surface area contributed by atoms with Gasteiger partial charge < -0.3 is 5.32 Å². The highest BCUT2D eigenvalue weighted by atomic mass is 31.0. The van der Waals surface area contributed by atoms with Crippen LogP contribution in [0, 0.1) is 15.9 Å². The highest BCUT2D eigenvalue weighted by Gasteiger charge is 2.26. The molecule has 0 saturated heterocycles. The summed E-state index contributed by atoms with van der Waals surface area (Å²) in [5, 5.41) is 13.9. The molecule has 1 N–H and O–H groups in total. The van der Waals surface area contributed by atoms with E-state index in [1.165, 1.54) is 6.07 Å². The molecule has 80 valence electrons. The Bertz CT molecular complexity index is 421. The number of nitrogens with one attached hydrogen (secondary N) is 1. The Hall–Kier alpha value is -1.22. The Morgan fingerprint density at radius 1 is 1.53 bits per heavy atom. The zero-order valence-electron chi connectivity index (χ0n) is 7.87. The predicted molar refractivity (Wildman–Crippen MR) is 59.0 cm³/mol. The number of anilines is 1. The minimum Gasteiger partial charge on any atom is -0.376 e. The van der Waals surface area contributed by atoms with Crippen LogP contribution in [0.4, 0.5) is 15.8 Å². The lowest BCUT2D eigenvalue weighted by molar-refractivity contribution is -0.383. The normalized spacial score (nSPS) is 15.1. The van der Waals surface area contributed by atoms with Gasteiger partial charge in [0.1, 0.15) is 11.5 Å². The number of halogens is 1. The summed E-state index contributed by atoms with van der Waals surface area (Å²) in [4.78, 5) is 10.2. The van der Waals surface area contributed by atoms with E-state index in [2.05, 4.69) is 14.6 Å². The zero-order chi connectivity index (χ0) is 11.0. The van der Waals surface area contributed by atoms with Crippen molar-refractivity contribution in [2.24, 2.45) is 0 Å². The smallest absolute Gasteiger partial charge is 0.293 e. The van der Waals surface area contributed by atoms with Gasteiger partial charge in [-0.2, -0.15) is 0 Å². The third kappa shape index (κ3) is 2.07. The van der Waals surface area contributed by atoms with Crippen molar-refractivity contribution in [3.63, 3.8) is 0 Å². The predicted octanol–water partition coefficient (Wildman–Crippen LogP) is 1.81. The molecule has 1 aliphatic rings. The number of nitro groups is 1. The molecule has 1 unspecified atom stereocenters. The van der Waals surface area contributed by atoms with E-state index in [1.54, 1.807) is 0 Å². The summed E-state index contributed by atoms with van der Waals surface area (Å²) in [6.07, 6.45) is 1.97. The van der Waals surface area contributed by atoms with Gasteiger partial charge in [-0.05, 0) is 18.9 Å². The van der Waals surface area contributed by atoms with E-state index in [4.69, 9.17) is 0 Å². The van der Waals surface area contributed by atoms with Crippen LogP contribution in [0.2, 0.25) is 0 Å². The monoisotopic (exact) mass is 228 g/mol. The quantitative estimate of drug-likeness (QED) is 0.487. The third-order valence-electron chi connectivity index (χ3n) is 2.29. The van der Waals surface area contributed by atoms with Crippen LogP contribution < -0.4 is 10.6 Å². The summed E-state index contributed by atoms with van der Waals surface area (Å²) < 4.78 is 13.2. The number of nitrogens with zero attached hydrogens (tertiary/aromatic N) is 1. The molecule has 4 nitrogen and oxygen atoms in total. The van der Waals surface area contributed by atoms with Gasteiger partial charge in [-0.25, -0.2) is 4.39 Å². The van der Waals surface area contributed by atoms with Crippen LogP contribution in [0.5, 0.6) is 0 Å². The summed E-state index contributed by atoms with van der Waals surface area (Å²) in [7, 11) is 2.20. The highest BCUT2D eigenvalue weighted by Crippen LogP contribution is 2.31. The van der Waals surface area contributed by atoms with Crippen molar-refractivity contribution in [3.05, 3.63) is 28.1 Å². The van der Waals surface area contributed by atoms with Crippen LogP contribution >= 0.6 is 9.24 Å². The van der Waals surface area contributed by atoms with Crippen LogP contribution in [0.25, 0.3) is 0 Å². The van der Waals surface area contributed by atoms with Crippen molar-refractivity contribution in [2.45, 2.75) is 18.9 Å². The van der Waals surface area contributed by atoms with E-state index in [1.807, 2.05) is 0 Å². The molecule has 1 atom stereocenters. The molecule has 0 heterocycles. The molecule has 2 rings (SSSR count). The lowest BCUT2D eigenvalue weighted by atomic mass is 10.2. The number of rotatable bonds is 3. The first-order valence-corrected chi connectivity index (χ1v) is 5.16. The summed E-state index contributed by atoms with van der Waals surface area (Å²) in [6, 6.07) is 2.55. The molecule has 1 saturated carbocycles. The van der Waals surface area contributed by atoms with E-state index >= 15 is 0 Å². The van der Waals surface area contributed by atoms with Gasteiger partial charge in [0.25, 0.3) is 5.69 Å². The van der Waals surface area contributed by atoms with Gasteiger partial charge >= 0.3 is 0 Å². The summed E-state index contributed by atoms with van der Waals surface area (Å²) in [6.45, 7) is 0. The van der Waals surface area contributed by atoms with Crippen LogP contribution in [-0.4, -0.2) is 11.0 Å². The molecule has 6 heteroatoms. The first kappa shape index (κ1) is 10.3. The Labute approximate surface area is 88.2 Å². The second-order valence-corrected chi connectivity index (χ2v) is 4.11. The fourth-order valence-corrected chi connectivity index (χ4v) is 1.65. The van der Waals surface area contributed by atoms with Crippen molar-refractivity contribution >= 4 is 25.9 Å². The SMILES string of the molecule is O=[N+]([O-])c1ccc(F)c(P)c1NC1CC1. The fourth-order valence-electron chi connectivity index (χ4n) is 1.32. The number of benzene rings is 1. The second kappa shape index (κ2) is 3.74. The van der Waals surface area contributed by atoms with Crippen LogP contribution in [0.1, 0.15) is 12.8 Å². The second-order valence-electron chi connectivity index (χ2n) is 3.53. The maximum Gasteiger partial charge on any atom is 0.293 e. The van der Waals surface area contributed by atoms with Crippen molar-refractivity contribution < 1.29 is 9.31 Å². The fraction of sp³-hybridized carbons (Fsp3) is 0.333. The van der Waals surface area contributed by atoms with Gasteiger partial charge in [0.2, 0.25) is 0 Å². The number of nitro benzene ring substituents is 1. The highest BCUT2D eigenvalue weighted by molar-refractivity contribution is 7.28. The third-order valence-corrected chi connectivity index (χ3v) is 2.86. The first-order chi connectivity index (χ1) is 7.09. The van der Waals surface area contributed by atoms with Crippen LogP contribution in [-0.2, 0) is 0 Å². The Morgan fingerprint density at radius 3 is 2.73 bits per heavy atom. The standard InChI is InChI=1S/C9H10FN2O2P/c10-6-3-4-7(12(13)14)8(9(6)15)11-5-1-2-5/h3-5,11H,1-2,15H2. The minimum absolute atomic E-state index is 0.0756. The van der Waals surface area contributed by atoms with Gasteiger partial charge in [0.15, 0.2) is 0 Å². The van der Waals surface area contributed by atoms with E-state index in [-0.39, 0.29) is 22.7 Å². The van der Waals surface area contributed by atoms with Crippen molar-refractivity contribution in [1.29, 1.82) is 0 Å². The molecule has 0 spiro atoms. The first-order valence-electron chi connectivity index (χ1n) is 4.58. The molecule has 0 amide bonds. The van der Waals surface area contributed by atoms with Crippen LogP contribution in [0.3, 0.4) is 0 Å². The zero-order valence-corrected chi connectivity index (χ0v) is 9.02. The summed E-state index contributed by atoms with van der Waals surface area (Å²) >= 11 is 0. The Kier molecular flexibility index (Phi) is 2.57. The van der Waals surface area contributed by atoms with E-state index < -0.39 is 10.7 Å². The molecule has 0 bridgehead atoms. The van der Waals surface area contributed by atoms with Gasteiger partial charge in [-0.15, -0.1) is 0 Å². The maximum atomic E-state index is 13.2. The van der Waals surface area contributed by atoms with Gasteiger partial charge in [0.05, 0.1) is 4.92 Å². The average Bonchev–Trinajstić information content (AvgIpc) is 2.96. The van der Waals surface area contributed by atoms with Crippen molar-refractivity contribution in [1.82, 2.24) is 0 Å². The molecule has 1 aliphatic carbocycles. The summed E-state index contributed by atoms with van der Waals surface area (Å²) in [5.74, 6) is -0.450. The molecular formula is C9H10FN2O2P. The van der Waals surface area contributed by atoms with E-state index in [0.29, 0.717) is 0 Å². The van der Waals surface area contributed by atoms with Gasteiger partial charge in [-0.3, -0.25) is 10.1 Å². The van der Waals surface area contributed by atoms with Crippen LogP contribution in [0.15, 0.2) is 12.1 Å². The van der Waals surface area contributed by atoms with E-state index in [0.717, 1.165) is 18.9 Å². The molecule has 1 aromatic carbocycles. The topological polar surface area (TPSA) is 55.2 Å². The lowest BCUT2D eigenvalue weighted by Gasteiger charge is -2.09. The van der Waals surface area contributed by atoms with Crippen molar-refractivity contribution in [2.75, 3.05) is 5.32 Å². The largest absolute Gasteiger partial charge is 0.376 e. The molecule has 1 aromatic rings. The average molecular weight is 228 g/mol. The minimum atomic E-state index is -0.502. The maximum absolute atomic E-state index is 13.2. The Morgan fingerprint density at radius 2 is 2.20 bits per heavy atom. The molecule has 0 aliphatic heterocycles. The molecular weight excluding hydrogens is 218 g/mol. The van der Waals surface area contributed by atoms with Gasteiger partial charge in [-0.1, -0.05) is 9.24 Å². The number of hydrogen-bond donors (Lipinski definition) is 1. The Balaban J connectivity index is 2.44. The van der Waals surface area contributed by atoms with Gasteiger partial charge in [0, 0.05) is 17.4 Å². The van der Waals surface area contributed by atoms with Crippen molar-refractivity contribution in [3.8, 4) is 0 Å².